The van der Waals surface area contributed by atoms with Gasteiger partial charge in [-0.15, -0.1) is 13.2 Å². The first-order valence-corrected chi connectivity index (χ1v) is 5.73. The van der Waals surface area contributed by atoms with Crippen LogP contribution in [0, 0.1) is 0 Å². The van der Waals surface area contributed by atoms with Crippen molar-refractivity contribution >= 4 is 26.8 Å². The van der Waals surface area contributed by atoms with Crippen molar-refractivity contribution in [3.8, 4) is 5.75 Å². The number of fused-ring (bicyclic) bond motifs is 1. The molecule has 0 fully saturated rings. The second-order valence-corrected chi connectivity index (χ2v) is 4.00. The molecule has 92 valence electrons. The van der Waals surface area contributed by atoms with E-state index in [1.807, 2.05) is 0 Å². The highest BCUT2D eigenvalue weighted by Gasteiger charge is 2.32. The van der Waals surface area contributed by atoms with Gasteiger partial charge in [0, 0.05) is 16.9 Å². The molecule has 0 saturated heterocycles. The van der Waals surface area contributed by atoms with Gasteiger partial charge in [-0.25, -0.2) is 0 Å². The molecule has 0 aliphatic rings. The average molecular weight is 309 g/mol. The number of aromatic nitrogens is 1. The fraction of sp³-hybridized carbons (Fsp3) is 0.200. The zero-order chi connectivity index (χ0) is 12.6. The highest BCUT2D eigenvalue weighted by atomic mass is 79.9. The van der Waals surface area contributed by atoms with Crippen molar-refractivity contribution < 1.29 is 17.9 Å². The molecule has 0 aliphatic heterocycles. The van der Waals surface area contributed by atoms with Gasteiger partial charge in [0.15, 0.2) is 5.75 Å². The largest absolute Gasteiger partial charge is 0.573 e. The van der Waals surface area contributed by atoms with Crippen LogP contribution >= 0.6 is 15.9 Å². The lowest BCUT2D eigenvalue weighted by Crippen LogP contribution is -2.18. The maximum absolute atomic E-state index is 12.3. The molecule has 0 spiro atoms. The Morgan fingerprint density at radius 2 is 2.06 bits per heavy atom. The van der Waals surface area contributed by atoms with Crippen LogP contribution in [0.3, 0.4) is 0 Å². The minimum Gasteiger partial charge on any atom is -0.403 e. The molecular formula is C10H8BrF3N2O. The first-order valence-electron chi connectivity index (χ1n) is 4.61. The van der Waals surface area contributed by atoms with Crippen LogP contribution in [0.25, 0.3) is 10.9 Å². The lowest BCUT2D eigenvalue weighted by Gasteiger charge is -2.12. The minimum absolute atomic E-state index is 0.215. The summed E-state index contributed by atoms with van der Waals surface area (Å²) in [5.74, 6) is 5.25. The first kappa shape index (κ1) is 12.1. The second-order valence-electron chi connectivity index (χ2n) is 3.44. The Kier molecular flexibility index (Phi) is 2.94. The summed E-state index contributed by atoms with van der Waals surface area (Å²) in [6.45, 7) is 0. The van der Waals surface area contributed by atoms with E-state index in [0.717, 1.165) is 4.68 Å². The van der Waals surface area contributed by atoms with E-state index in [9.17, 15) is 13.2 Å². The number of hydrogen-bond acceptors (Lipinski definition) is 2. The zero-order valence-corrected chi connectivity index (χ0v) is 10.0. The molecule has 0 radical (unpaired) electrons. The van der Waals surface area contributed by atoms with E-state index >= 15 is 0 Å². The van der Waals surface area contributed by atoms with E-state index in [4.69, 9.17) is 5.84 Å². The van der Waals surface area contributed by atoms with Gasteiger partial charge in [-0.3, -0.25) is 4.68 Å². The molecule has 0 aliphatic carbocycles. The minimum atomic E-state index is -4.73. The van der Waals surface area contributed by atoms with Crippen LogP contribution in [0.1, 0.15) is 5.56 Å². The second kappa shape index (κ2) is 4.14. The number of ether oxygens (including phenoxy) is 1. The van der Waals surface area contributed by atoms with Gasteiger partial charge >= 0.3 is 6.36 Å². The van der Waals surface area contributed by atoms with Crippen LogP contribution in [0.2, 0.25) is 0 Å². The summed E-state index contributed by atoms with van der Waals surface area (Å²) in [5.41, 5.74) is 0.898. The molecule has 0 atom stereocenters. The van der Waals surface area contributed by atoms with Crippen LogP contribution in [0.5, 0.6) is 5.75 Å². The molecule has 1 heterocycles. The van der Waals surface area contributed by atoms with Crippen LogP contribution in [-0.2, 0) is 5.33 Å². The van der Waals surface area contributed by atoms with Gasteiger partial charge in [-0.05, 0) is 23.8 Å². The fourth-order valence-corrected chi connectivity index (χ4v) is 1.93. The molecule has 1 aromatic carbocycles. The maximum atomic E-state index is 12.3. The summed E-state index contributed by atoms with van der Waals surface area (Å²) in [6.07, 6.45) is -3.26. The Morgan fingerprint density at radius 1 is 1.35 bits per heavy atom. The van der Waals surface area contributed by atoms with Crippen molar-refractivity contribution in [2.24, 2.45) is 0 Å². The van der Waals surface area contributed by atoms with Crippen molar-refractivity contribution in [3.63, 3.8) is 0 Å². The quantitative estimate of drug-likeness (QED) is 0.684. The van der Waals surface area contributed by atoms with Crippen molar-refractivity contribution in [1.29, 1.82) is 0 Å². The van der Waals surface area contributed by atoms with Gasteiger partial charge in [0.25, 0.3) is 0 Å². The monoisotopic (exact) mass is 308 g/mol. The predicted molar refractivity (Wildman–Crippen MR) is 61.4 cm³/mol. The molecule has 3 nitrogen and oxygen atoms in total. The normalized spacial score (nSPS) is 12.0. The molecule has 0 bridgehead atoms. The highest BCUT2D eigenvalue weighted by Crippen LogP contribution is 2.32. The number of halogens is 4. The van der Waals surface area contributed by atoms with Crippen molar-refractivity contribution in [1.82, 2.24) is 4.68 Å². The Labute approximate surface area is 103 Å². The van der Waals surface area contributed by atoms with Gasteiger partial charge in [-0.2, -0.15) is 0 Å². The molecule has 2 rings (SSSR count). The van der Waals surface area contributed by atoms with Crippen LogP contribution in [-0.4, -0.2) is 11.0 Å². The summed E-state index contributed by atoms with van der Waals surface area (Å²) in [7, 11) is 0. The summed E-state index contributed by atoms with van der Waals surface area (Å²) >= 11 is 3.19. The molecular weight excluding hydrogens is 301 g/mol. The summed E-state index contributed by atoms with van der Waals surface area (Å²) in [5, 5.41) is 1.04. The van der Waals surface area contributed by atoms with Gasteiger partial charge in [0.05, 0.1) is 0 Å². The van der Waals surface area contributed by atoms with E-state index in [-0.39, 0.29) is 11.3 Å². The molecule has 17 heavy (non-hydrogen) atoms. The molecule has 0 unspecified atom stereocenters. The van der Waals surface area contributed by atoms with Crippen molar-refractivity contribution in [2.75, 3.05) is 5.84 Å². The molecule has 2 aromatic rings. The zero-order valence-electron chi connectivity index (χ0n) is 8.46. The predicted octanol–water partition coefficient (Wildman–Crippen LogP) is 3.15. The number of alkyl halides is 4. The number of benzene rings is 1. The Hall–Kier alpha value is -1.37. The average Bonchev–Trinajstić information content (AvgIpc) is 2.58. The van der Waals surface area contributed by atoms with Crippen molar-refractivity contribution in [3.05, 3.63) is 30.0 Å². The van der Waals surface area contributed by atoms with E-state index < -0.39 is 6.36 Å². The number of hydrogen-bond donors (Lipinski definition) is 1. The first-order chi connectivity index (χ1) is 7.90. The Bertz CT molecular complexity index is 550. The fourth-order valence-electron chi connectivity index (χ4n) is 1.61. The highest BCUT2D eigenvalue weighted by molar-refractivity contribution is 9.08. The van der Waals surface area contributed by atoms with Crippen LogP contribution in [0.15, 0.2) is 24.4 Å². The number of nitrogens with two attached hydrogens (primary N) is 1. The third kappa shape index (κ3) is 2.49. The van der Waals surface area contributed by atoms with Crippen LogP contribution < -0.4 is 10.6 Å². The molecule has 0 saturated carbocycles. The van der Waals surface area contributed by atoms with Gasteiger partial charge < -0.3 is 10.6 Å². The standard InChI is InChI=1S/C10H8BrF3N2O/c11-5-6-3-7-1-2-16(15)9(7)8(4-6)17-10(12,13)14/h1-4H,5,15H2. The topological polar surface area (TPSA) is 40.2 Å². The van der Waals surface area contributed by atoms with E-state index in [1.165, 1.54) is 12.3 Å². The lowest BCUT2D eigenvalue weighted by molar-refractivity contribution is -0.274. The number of nitrogens with zero attached hydrogens (tertiary/aromatic N) is 1. The molecule has 0 amide bonds. The van der Waals surface area contributed by atoms with Gasteiger partial charge in [-0.1, -0.05) is 15.9 Å². The van der Waals surface area contributed by atoms with Gasteiger partial charge in [0.2, 0.25) is 0 Å². The Morgan fingerprint density at radius 3 is 2.65 bits per heavy atom. The smallest absolute Gasteiger partial charge is 0.403 e. The third-order valence-electron chi connectivity index (χ3n) is 2.22. The number of nitrogen functional groups attached to an aromatic ring is 1. The van der Waals surface area contributed by atoms with E-state index in [1.54, 1.807) is 12.1 Å². The third-order valence-corrected chi connectivity index (χ3v) is 2.86. The maximum Gasteiger partial charge on any atom is 0.573 e. The summed E-state index contributed by atoms with van der Waals surface area (Å²) in [6, 6.07) is 4.69. The van der Waals surface area contributed by atoms with Crippen molar-refractivity contribution in [2.45, 2.75) is 11.7 Å². The molecule has 2 N–H and O–H groups in total. The lowest BCUT2D eigenvalue weighted by atomic mass is 10.1. The van der Waals surface area contributed by atoms with Crippen LogP contribution in [0.4, 0.5) is 13.2 Å². The van der Waals surface area contributed by atoms with E-state index in [0.29, 0.717) is 16.3 Å². The summed E-state index contributed by atoms with van der Waals surface area (Å²) in [4.78, 5) is 0. The van der Waals surface area contributed by atoms with Gasteiger partial charge in [0.1, 0.15) is 5.52 Å². The molecule has 7 heteroatoms. The SMILES string of the molecule is Nn1ccc2cc(CBr)cc(OC(F)(F)F)c21. The Balaban J connectivity index is 2.61. The number of rotatable bonds is 2. The molecule has 1 aromatic heterocycles. The summed E-state index contributed by atoms with van der Waals surface area (Å²) < 4.78 is 41.9. The van der Waals surface area contributed by atoms with E-state index in [2.05, 4.69) is 20.7 Å².